The molecule has 20 heavy (non-hydrogen) atoms. The number of hydrazone groups is 1. The topological polar surface area (TPSA) is 37.3 Å². The summed E-state index contributed by atoms with van der Waals surface area (Å²) < 4.78 is 0. The molecule has 106 valence electrons. The van der Waals surface area contributed by atoms with E-state index in [1.165, 1.54) is 37.8 Å². The highest BCUT2D eigenvalue weighted by atomic mass is 35.5. The third-order valence-corrected chi connectivity index (χ3v) is 5.57. The second-order valence-corrected chi connectivity index (χ2v) is 7.28. The Balaban J connectivity index is 1.55. The van der Waals surface area contributed by atoms with Crippen LogP contribution in [-0.4, -0.2) is 10.7 Å². The molecular formula is C15H17Cl2N3. The standard InChI is InChI=1S/C15H17Cl2N3/c16-12-6-13(17)15(18-7-12)20-19-14-10-2-8-1-9(4-10)5-11(14)3-8/h6-11H,1-5H2,(H,18,20). The predicted octanol–water partition coefficient (Wildman–Crippen LogP) is 4.61. The minimum absolute atomic E-state index is 0.519. The molecule has 5 rings (SSSR count). The van der Waals surface area contributed by atoms with E-state index in [0.717, 1.165) is 11.8 Å². The Labute approximate surface area is 128 Å². The second-order valence-electron chi connectivity index (χ2n) is 6.44. The molecule has 0 unspecified atom stereocenters. The SMILES string of the molecule is Clc1cnc(NN=C2C3CC4CC(C3)CC2C4)c(Cl)c1. The molecule has 5 heteroatoms. The third-order valence-electron chi connectivity index (χ3n) is 5.07. The van der Waals surface area contributed by atoms with E-state index < -0.39 is 0 Å². The lowest BCUT2D eigenvalue weighted by Crippen LogP contribution is -2.45. The average Bonchev–Trinajstić information content (AvgIpc) is 2.39. The number of anilines is 1. The number of pyridine rings is 1. The van der Waals surface area contributed by atoms with Gasteiger partial charge in [0.1, 0.15) is 0 Å². The molecule has 1 heterocycles. The van der Waals surface area contributed by atoms with Crippen LogP contribution in [0.15, 0.2) is 17.4 Å². The van der Waals surface area contributed by atoms with Gasteiger partial charge in [-0.05, 0) is 61.8 Å². The van der Waals surface area contributed by atoms with Crippen LogP contribution in [0, 0.1) is 23.7 Å². The quantitative estimate of drug-likeness (QED) is 0.810. The van der Waals surface area contributed by atoms with E-state index in [0.29, 0.717) is 27.7 Å². The Morgan fingerprint density at radius 3 is 2.30 bits per heavy atom. The van der Waals surface area contributed by atoms with E-state index in [2.05, 4.69) is 15.5 Å². The zero-order valence-corrected chi connectivity index (χ0v) is 12.7. The van der Waals surface area contributed by atoms with Crippen LogP contribution in [-0.2, 0) is 0 Å². The van der Waals surface area contributed by atoms with Crippen molar-refractivity contribution in [2.75, 3.05) is 5.43 Å². The van der Waals surface area contributed by atoms with Crippen molar-refractivity contribution >= 4 is 34.7 Å². The molecule has 0 amide bonds. The first kappa shape index (κ1) is 12.9. The van der Waals surface area contributed by atoms with Gasteiger partial charge in [0.15, 0.2) is 5.82 Å². The molecule has 0 saturated heterocycles. The summed E-state index contributed by atoms with van der Waals surface area (Å²) in [4.78, 5) is 4.20. The van der Waals surface area contributed by atoms with Crippen molar-refractivity contribution in [3.05, 3.63) is 22.3 Å². The van der Waals surface area contributed by atoms with Crippen molar-refractivity contribution in [1.29, 1.82) is 0 Å². The van der Waals surface area contributed by atoms with Gasteiger partial charge in [-0.2, -0.15) is 5.10 Å². The highest BCUT2D eigenvalue weighted by Crippen LogP contribution is 2.52. The van der Waals surface area contributed by atoms with Crippen molar-refractivity contribution < 1.29 is 0 Å². The van der Waals surface area contributed by atoms with E-state index >= 15 is 0 Å². The van der Waals surface area contributed by atoms with Gasteiger partial charge >= 0.3 is 0 Å². The van der Waals surface area contributed by atoms with Crippen molar-refractivity contribution in [1.82, 2.24) is 4.98 Å². The van der Waals surface area contributed by atoms with Crippen molar-refractivity contribution in [2.24, 2.45) is 28.8 Å². The number of nitrogens with zero attached hydrogens (tertiary/aromatic N) is 2. The maximum Gasteiger partial charge on any atom is 0.165 e. The molecule has 1 aromatic heterocycles. The number of hydrogen-bond donors (Lipinski definition) is 1. The molecule has 1 aromatic rings. The summed E-state index contributed by atoms with van der Waals surface area (Å²) in [5.41, 5.74) is 4.41. The van der Waals surface area contributed by atoms with Gasteiger partial charge in [0.05, 0.1) is 10.0 Å². The van der Waals surface area contributed by atoms with Crippen LogP contribution >= 0.6 is 23.2 Å². The monoisotopic (exact) mass is 309 g/mol. The summed E-state index contributed by atoms with van der Waals surface area (Å²) in [5, 5.41) is 5.72. The minimum atomic E-state index is 0.519. The van der Waals surface area contributed by atoms with Gasteiger partial charge in [-0.1, -0.05) is 23.2 Å². The summed E-state index contributed by atoms with van der Waals surface area (Å²) >= 11 is 12.0. The van der Waals surface area contributed by atoms with Gasteiger partial charge in [-0.25, -0.2) is 4.98 Å². The number of rotatable bonds is 2. The van der Waals surface area contributed by atoms with Crippen LogP contribution in [0.1, 0.15) is 32.1 Å². The number of nitrogens with one attached hydrogen (secondary N) is 1. The van der Waals surface area contributed by atoms with E-state index in [4.69, 9.17) is 23.2 Å². The molecule has 1 N–H and O–H groups in total. The Hall–Kier alpha value is -0.800. The molecule has 4 bridgehead atoms. The summed E-state index contributed by atoms with van der Waals surface area (Å²) in [7, 11) is 0. The number of aromatic nitrogens is 1. The van der Waals surface area contributed by atoms with Gasteiger partial charge in [0.2, 0.25) is 0 Å². The molecular weight excluding hydrogens is 293 g/mol. The maximum absolute atomic E-state index is 6.12. The Kier molecular flexibility index (Phi) is 3.15. The fourth-order valence-electron chi connectivity index (χ4n) is 4.46. The first-order valence-electron chi connectivity index (χ1n) is 7.33. The molecule has 0 radical (unpaired) electrons. The zero-order valence-electron chi connectivity index (χ0n) is 11.1. The van der Waals surface area contributed by atoms with Crippen molar-refractivity contribution in [3.63, 3.8) is 0 Å². The Bertz CT molecular complexity index is 540. The predicted molar refractivity (Wildman–Crippen MR) is 82.4 cm³/mol. The highest BCUT2D eigenvalue weighted by molar-refractivity contribution is 6.35. The Morgan fingerprint density at radius 2 is 1.70 bits per heavy atom. The van der Waals surface area contributed by atoms with Gasteiger partial charge in [-0.3, -0.25) is 5.43 Å². The fraction of sp³-hybridized carbons (Fsp3) is 0.600. The summed E-state index contributed by atoms with van der Waals surface area (Å²) in [5.74, 6) is 3.87. The third kappa shape index (κ3) is 2.21. The van der Waals surface area contributed by atoms with Crippen LogP contribution in [0.25, 0.3) is 0 Å². The van der Waals surface area contributed by atoms with Crippen LogP contribution < -0.4 is 5.43 Å². The van der Waals surface area contributed by atoms with E-state index in [1.54, 1.807) is 12.3 Å². The number of hydrogen-bond acceptors (Lipinski definition) is 3. The first-order chi connectivity index (χ1) is 9.69. The van der Waals surface area contributed by atoms with Gasteiger partial charge in [0, 0.05) is 11.9 Å². The minimum Gasteiger partial charge on any atom is -0.260 e. The largest absolute Gasteiger partial charge is 0.260 e. The maximum atomic E-state index is 6.12. The smallest absolute Gasteiger partial charge is 0.165 e. The molecule has 4 fully saturated rings. The van der Waals surface area contributed by atoms with E-state index in [9.17, 15) is 0 Å². The molecule has 0 aliphatic heterocycles. The number of halogens is 2. The van der Waals surface area contributed by atoms with Crippen LogP contribution in [0.4, 0.5) is 5.82 Å². The molecule has 0 aromatic carbocycles. The van der Waals surface area contributed by atoms with Crippen molar-refractivity contribution in [2.45, 2.75) is 32.1 Å². The summed E-state index contributed by atoms with van der Waals surface area (Å²) in [6.45, 7) is 0. The van der Waals surface area contributed by atoms with Gasteiger partial charge < -0.3 is 0 Å². The summed E-state index contributed by atoms with van der Waals surface area (Å²) in [6.07, 6.45) is 8.36. The first-order valence-corrected chi connectivity index (χ1v) is 8.09. The van der Waals surface area contributed by atoms with Crippen LogP contribution in [0.5, 0.6) is 0 Å². The van der Waals surface area contributed by atoms with E-state index in [1.807, 2.05) is 0 Å². The molecule has 4 aliphatic carbocycles. The van der Waals surface area contributed by atoms with Crippen molar-refractivity contribution in [3.8, 4) is 0 Å². The van der Waals surface area contributed by atoms with Gasteiger partial charge in [-0.15, -0.1) is 0 Å². The molecule has 4 saturated carbocycles. The fourth-order valence-corrected chi connectivity index (χ4v) is 4.89. The summed E-state index contributed by atoms with van der Waals surface area (Å²) in [6, 6.07) is 1.69. The second kappa shape index (κ2) is 4.88. The zero-order chi connectivity index (χ0) is 13.7. The Morgan fingerprint density at radius 1 is 1.05 bits per heavy atom. The molecule has 0 spiro atoms. The van der Waals surface area contributed by atoms with Crippen LogP contribution in [0.2, 0.25) is 10.0 Å². The van der Waals surface area contributed by atoms with E-state index in [-0.39, 0.29) is 0 Å². The average molecular weight is 310 g/mol. The normalized spacial score (nSPS) is 34.4. The van der Waals surface area contributed by atoms with Gasteiger partial charge in [0.25, 0.3) is 0 Å². The lowest BCUT2D eigenvalue weighted by molar-refractivity contribution is 0.108. The molecule has 3 nitrogen and oxygen atoms in total. The lowest BCUT2D eigenvalue weighted by atomic mass is 9.55. The van der Waals surface area contributed by atoms with Crippen LogP contribution in [0.3, 0.4) is 0 Å². The molecule has 4 aliphatic rings. The molecule has 0 atom stereocenters. The lowest BCUT2D eigenvalue weighted by Gasteiger charge is -2.50. The highest BCUT2D eigenvalue weighted by Gasteiger charge is 2.46.